The summed E-state index contributed by atoms with van der Waals surface area (Å²) in [4.78, 5) is 12.8. The van der Waals surface area contributed by atoms with E-state index in [-0.39, 0.29) is 17.1 Å². The van der Waals surface area contributed by atoms with Crippen molar-refractivity contribution in [1.82, 2.24) is 5.32 Å². The number of amides is 1. The Labute approximate surface area is 204 Å². The van der Waals surface area contributed by atoms with Crippen molar-refractivity contribution in [2.24, 2.45) is 0 Å². The third-order valence-corrected chi connectivity index (χ3v) is 7.27. The molecule has 0 bridgehead atoms. The molecule has 0 aromatic heterocycles. The molecule has 0 unspecified atom stereocenters. The summed E-state index contributed by atoms with van der Waals surface area (Å²) in [6.07, 6.45) is 0. The van der Waals surface area contributed by atoms with Crippen molar-refractivity contribution in [3.8, 4) is 5.75 Å². The van der Waals surface area contributed by atoms with E-state index < -0.39 is 28.3 Å². The molecule has 0 aliphatic carbocycles. The van der Waals surface area contributed by atoms with E-state index in [1.165, 1.54) is 12.1 Å². The largest absolute Gasteiger partial charge is 0.494 e. The van der Waals surface area contributed by atoms with Gasteiger partial charge in [0.2, 0.25) is 5.91 Å². The fraction of sp³-hybridized carbons (Fsp3) is 0.148. The van der Waals surface area contributed by atoms with Crippen molar-refractivity contribution in [1.29, 1.82) is 0 Å². The molecule has 0 fully saturated rings. The fourth-order valence-electron chi connectivity index (χ4n) is 3.75. The van der Waals surface area contributed by atoms with Crippen molar-refractivity contribution < 1.29 is 22.3 Å². The Bertz CT molecular complexity index is 1420. The minimum absolute atomic E-state index is 0.116. The normalized spacial score (nSPS) is 11.3. The van der Waals surface area contributed by atoms with Gasteiger partial charge in [-0.15, -0.1) is 0 Å². The molecule has 1 amide bonds. The maximum Gasteiger partial charge on any atom is 0.264 e. The molecule has 4 aromatic rings. The van der Waals surface area contributed by atoms with Crippen molar-refractivity contribution in [3.05, 3.63) is 102 Å². The number of nitrogens with zero attached hydrogens (tertiary/aromatic N) is 1. The summed E-state index contributed by atoms with van der Waals surface area (Å²) in [6, 6.07) is 24.6. The Morgan fingerprint density at radius 1 is 0.914 bits per heavy atom. The average molecular weight is 493 g/mol. The lowest BCUT2D eigenvalue weighted by Gasteiger charge is -2.24. The van der Waals surface area contributed by atoms with Crippen LogP contribution in [0, 0.1) is 5.82 Å². The molecule has 4 rings (SSSR count). The van der Waals surface area contributed by atoms with Crippen molar-refractivity contribution in [3.63, 3.8) is 0 Å². The first-order valence-corrected chi connectivity index (χ1v) is 12.6. The molecule has 35 heavy (non-hydrogen) atoms. The highest BCUT2D eigenvalue weighted by Gasteiger charge is 2.27. The number of fused-ring (bicyclic) bond motifs is 1. The molecule has 0 heterocycles. The van der Waals surface area contributed by atoms with Gasteiger partial charge in [0.1, 0.15) is 18.1 Å². The molecule has 0 aliphatic heterocycles. The third kappa shape index (κ3) is 5.60. The molecule has 0 saturated carbocycles. The van der Waals surface area contributed by atoms with Gasteiger partial charge in [0.05, 0.1) is 17.2 Å². The van der Waals surface area contributed by atoms with Crippen LogP contribution in [0.1, 0.15) is 12.5 Å². The standard InChI is InChI=1S/C27H25FN2O4S/c1-2-34-24-14-12-23(13-15-24)30(35(32,33)25-16-10-22(28)11-17-25)19-27(31)29-18-21-8-5-7-20-6-3-4-9-26(20)21/h3-17H,2,18-19H2,1H3,(H,29,31). The highest BCUT2D eigenvalue weighted by atomic mass is 32.2. The summed E-state index contributed by atoms with van der Waals surface area (Å²) >= 11 is 0. The van der Waals surface area contributed by atoms with E-state index in [0.717, 1.165) is 32.8 Å². The summed E-state index contributed by atoms with van der Waals surface area (Å²) in [6.45, 7) is 2.11. The van der Waals surface area contributed by atoms with Crippen LogP contribution in [0.15, 0.2) is 95.9 Å². The number of sulfonamides is 1. The lowest BCUT2D eigenvalue weighted by molar-refractivity contribution is -0.119. The van der Waals surface area contributed by atoms with E-state index in [1.807, 2.05) is 49.4 Å². The van der Waals surface area contributed by atoms with Crippen LogP contribution >= 0.6 is 0 Å². The Morgan fingerprint density at radius 2 is 1.60 bits per heavy atom. The number of anilines is 1. The van der Waals surface area contributed by atoms with Crippen LogP contribution in [-0.4, -0.2) is 27.5 Å². The van der Waals surface area contributed by atoms with Gasteiger partial charge < -0.3 is 10.1 Å². The zero-order chi connectivity index (χ0) is 24.8. The molecular weight excluding hydrogens is 467 g/mol. The number of hydrogen-bond donors (Lipinski definition) is 1. The highest BCUT2D eigenvalue weighted by Crippen LogP contribution is 2.26. The summed E-state index contributed by atoms with van der Waals surface area (Å²) in [5.74, 6) is -0.447. The number of hydrogen-bond acceptors (Lipinski definition) is 4. The number of benzene rings is 4. The second-order valence-electron chi connectivity index (χ2n) is 7.81. The summed E-state index contributed by atoms with van der Waals surface area (Å²) in [5.41, 5.74) is 1.21. The van der Waals surface area contributed by atoms with E-state index in [9.17, 15) is 17.6 Å². The number of carbonyl (C=O) groups is 1. The van der Waals surface area contributed by atoms with Gasteiger partial charge in [0.15, 0.2) is 0 Å². The molecule has 0 spiro atoms. The monoisotopic (exact) mass is 492 g/mol. The first-order valence-electron chi connectivity index (χ1n) is 11.1. The predicted octanol–water partition coefficient (Wildman–Crippen LogP) is 4.89. The topological polar surface area (TPSA) is 75.7 Å². The quantitative estimate of drug-likeness (QED) is 0.361. The molecule has 0 saturated heterocycles. The molecular formula is C27H25FN2O4S. The molecule has 0 atom stereocenters. The van der Waals surface area contributed by atoms with Gasteiger partial charge >= 0.3 is 0 Å². The van der Waals surface area contributed by atoms with E-state index in [2.05, 4.69) is 5.32 Å². The maximum absolute atomic E-state index is 13.4. The Morgan fingerprint density at radius 3 is 2.31 bits per heavy atom. The van der Waals surface area contributed by atoms with E-state index in [4.69, 9.17) is 4.74 Å². The van der Waals surface area contributed by atoms with Gasteiger partial charge in [-0.05, 0) is 71.8 Å². The van der Waals surface area contributed by atoms with Gasteiger partial charge in [0.25, 0.3) is 10.0 Å². The number of rotatable bonds is 9. The van der Waals surface area contributed by atoms with Crippen LogP contribution in [0.25, 0.3) is 10.8 Å². The second kappa shape index (κ2) is 10.6. The molecule has 0 radical (unpaired) electrons. The molecule has 8 heteroatoms. The number of halogens is 1. The van der Waals surface area contributed by atoms with Gasteiger partial charge in [0, 0.05) is 6.54 Å². The number of ether oxygens (including phenoxy) is 1. The van der Waals surface area contributed by atoms with Gasteiger partial charge in [-0.3, -0.25) is 9.10 Å². The number of nitrogens with one attached hydrogen (secondary N) is 1. The second-order valence-corrected chi connectivity index (χ2v) is 9.67. The minimum atomic E-state index is -4.14. The molecule has 6 nitrogen and oxygen atoms in total. The maximum atomic E-state index is 13.4. The Hall–Kier alpha value is -3.91. The molecule has 0 aliphatic rings. The van der Waals surface area contributed by atoms with E-state index >= 15 is 0 Å². The number of carbonyl (C=O) groups excluding carboxylic acids is 1. The summed E-state index contributed by atoms with van der Waals surface area (Å²) < 4.78 is 46.7. The summed E-state index contributed by atoms with van der Waals surface area (Å²) in [7, 11) is -4.14. The van der Waals surface area contributed by atoms with Crippen LogP contribution in [0.3, 0.4) is 0 Å². The van der Waals surface area contributed by atoms with Crippen LogP contribution in [0.5, 0.6) is 5.75 Å². The van der Waals surface area contributed by atoms with E-state index in [0.29, 0.717) is 12.4 Å². The van der Waals surface area contributed by atoms with Gasteiger partial charge in [-0.1, -0.05) is 42.5 Å². The van der Waals surface area contributed by atoms with Gasteiger partial charge in [-0.2, -0.15) is 0 Å². The highest BCUT2D eigenvalue weighted by molar-refractivity contribution is 7.92. The van der Waals surface area contributed by atoms with Crippen molar-refractivity contribution >= 4 is 32.4 Å². The molecule has 4 aromatic carbocycles. The smallest absolute Gasteiger partial charge is 0.264 e. The lowest BCUT2D eigenvalue weighted by Crippen LogP contribution is -2.40. The zero-order valence-corrected chi connectivity index (χ0v) is 20.0. The van der Waals surface area contributed by atoms with Gasteiger partial charge in [-0.25, -0.2) is 12.8 Å². The molecule has 180 valence electrons. The lowest BCUT2D eigenvalue weighted by atomic mass is 10.0. The predicted molar refractivity (Wildman–Crippen MR) is 134 cm³/mol. The Kier molecular flexibility index (Phi) is 7.31. The van der Waals surface area contributed by atoms with Crippen LogP contribution < -0.4 is 14.4 Å². The minimum Gasteiger partial charge on any atom is -0.494 e. The summed E-state index contributed by atoms with van der Waals surface area (Å²) in [5, 5.41) is 4.89. The third-order valence-electron chi connectivity index (χ3n) is 5.48. The first kappa shape index (κ1) is 24.2. The van der Waals surface area contributed by atoms with Crippen molar-refractivity contribution in [2.75, 3.05) is 17.5 Å². The van der Waals surface area contributed by atoms with Crippen molar-refractivity contribution in [2.45, 2.75) is 18.4 Å². The molecule has 1 N–H and O–H groups in total. The fourth-order valence-corrected chi connectivity index (χ4v) is 5.17. The van der Waals surface area contributed by atoms with Crippen LogP contribution in [-0.2, 0) is 21.4 Å². The zero-order valence-electron chi connectivity index (χ0n) is 19.1. The first-order chi connectivity index (χ1) is 16.9. The van der Waals surface area contributed by atoms with Crippen LogP contribution in [0.2, 0.25) is 0 Å². The average Bonchev–Trinajstić information content (AvgIpc) is 2.87. The van der Waals surface area contributed by atoms with E-state index in [1.54, 1.807) is 24.3 Å². The van der Waals surface area contributed by atoms with Crippen LogP contribution in [0.4, 0.5) is 10.1 Å². The Balaban J connectivity index is 1.59. The SMILES string of the molecule is CCOc1ccc(N(CC(=O)NCc2cccc3ccccc23)S(=O)(=O)c2ccc(F)cc2)cc1.